The first-order chi connectivity index (χ1) is 7.79. The molecule has 0 aliphatic rings. The Morgan fingerprint density at radius 3 is 2.75 bits per heavy atom. The fourth-order valence-electron chi connectivity index (χ4n) is 1.51. The summed E-state index contributed by atoms with van der Waals surface area (Å²) in [6, 6.07) is 9.81. The van der Waals surface area contributed by atoms with Gasteiger partial charge in [-0.15, -0.1) is 0 Å². The second-order valence-corrected chi connectivity index (χ2v) is 3.45. The highest BCUT2D eigenvalue weighted by atomic mass is 16.5. The Hall–Kier alpha value is -1.73. The lowest BCUT2D eigenvalue weighted by atomic mass is 10.2. The van der Waals surface area contributed by atoms with Gasteiger partial charge in [-0.05, 0) is 12.1 Å². The Morgan fingerprint density at radius 1 is 1.38 bits per heavy atom. The molecular formula is C12H17N3O. The van der Waals surface area contributed by atoms with Gasteiger partial charge >= 0.3 is 0 Å². The van der Waals surface area contributed by atoms with Crippen LogP contribution >= 0.6 is 0 Å². The minimum absolute atomic E-state index is 0.484. The SMILES string of the molecule is COCCN(CCC#N)c1ccccc1N. The molecule has 4 heteroatoms. The third kappa shape index (κ3) is 3.44. The number of anilines is 2. The molecule has 1 aromatic rings. The maximum absolute atomic E-state index is 8.62. The fourth-order valence-corrected chi connectivity index (χ4v) is 1.51. The molecule has 2 N–H and O–H groups in total. The highest BCUT2D eigenvalue weighted by Gasteiger charge is 2.08. The molecule has 16 heavy (non-hydrogen) atoms. The van der Waals surface area contributed by atoms with E-state index in [0.29, 0.717) is 19.6 Å². The molecule has 1 rings (SSSR count). The van der Waals surface area contributed by atoms with E-state index in [1.165, 1.54) is 0 Å². The Morgan fingerprint density at radius 2 is 2.12 bits per heavy atom. The number of rotatable bonds is 6. The zero-order valence-electron chi connectivity index (χ0n) is 9.52. The van der Waals surface area contributed by atoms with Gasteiger partial charge < -0.3 is 15.4 Å². The second kappa shape index (κ2) is 6.70. The van der Waals surface area contributed by atoms with Crippen molar-refractivity contribution in [2.75, 3.05) is 37.4 Å². The zero-order valence-corrected chi connectivity index (χ0v) is 9.52. The number of hydrogen-bond donors (Lipinski definition) is 1. The molecule has 0 atom stereocenters. The third-order valence-corrected chi connectivity index (χ3v) is 2.34. The van der Waals surface area contributed by atoms with Crippen LogP contribution < -0.4 is 10.6 Å². The van der Waals surface area contributed by atoms with Gasteiger partial charge in [-0.25, -0.2) is 0 Å². The molecule has 0 spiro atoms. The summed E-state index contributed by atoms with van der Waals surface area (Å²) in [5.74, 6) is 0. The summed E-state index contributed by atoms with van der Waals surface area (Å²) in [7, 11) is 1.66. The lowest BCUT2D eigenvalue weighted by Gasteiger charge is -2.24. The van der Waals surface area contributed by atoms with Crippen molar-refractivity contribution in [1.82, 2.24) is 0 Å². The molecule has 4 nitrogen and oxygen atoms in total. The summed E-state index contributed by atoms with van der Waals surface area (Å²) in [5, 5.41) is 8.62. The molecule has 86 valence electrons. The predicted molar refractivity (Wildman–Crippen MR) is 65.2 cm³/mol. The van der Waals surface area contributed by atoms with E-state index < -0.39 is 0 Å². The molecule has 0 amide bonds. The van der Waals surface area contributed by atoms with Gasteiger partial charge in [0.15, 0.2) is 0 Å². The topological polar surface area (TPSA) is 62.3 Å². The monoisotopic (exact) mass is 219 g/mol. The number of hydrogen-bond acceptors (Lipinski definition) is 4. The number of nitrogens with zero attached hydrogens (tertiary/aromatic N) is 2. The lowest BCUT2D eigenvalue weighted by Crippen LogP contribution is -2.28. The molecule has 0 aromatic heterocycles. The van der Waals surface area contributed by atoms with E-state index in [9.17, 15) is 0 Å². The molecule has 0 saturated heterocycles. The number of nitrogens with two attached hydrogens (primary N) is 1. The van der Waals surface area contributed by atoms with Gasteiger partial charge in [0, 0.05) is 20.2 Å². The maximum atomic E-state index is 8.62. The Labute approximate surface area is 96.2 Å². The average molecular weight is 219 g/mol. The molecule has 0 aliphatic carbocycles. The van der Waals surface area contributed by atoms with Crippen LogP contribution in [0, 0.1) is 11.3 Å². The van der Waals surface area contributed by atoms with E-state index in [2.05, 4.69) is 11.0 Å². The van der Waals surface area contributed by atoms with Crippen molar-refractivity contribution in [1.29, 1.82) is 5.26 Å². The second-order valence-electron chi connectivity index (χ2n) is 3.45. The van der Waals surface area contributed by atoms with Gasteiger partial charge in [-0.2, -0.15) is 5.26 Å². The standard InChI is InChI=1S/C12H17N3O/c1-16-10-9-15(8-4-7-13)12-6-3-2-5-11(12)14/h2-3,5-6H,4,8-10,14H2,1H3. The van der Waals surface area contributed by atoms with Crippen molar-refractivity contribution >= 4 is 11.4 Å². The van der Waals surface area contributed by atoms with Crippen LogP contribution in [0.25, 0.3) is 0 Å². The smallest absolute Gasteiger partial charge is 0.0640 e. The minimum atomic E-state index is 0.484. The Balaban J connectivity index is 2.75. The van der Waals surface area contributed by atoms with Crippen molar-refractivity contribution in [3.05, 3.63) is 24.3 Å². The number of ether oxygens (including phenoxy) is 1. The van der Waals surface area contributed by atoms with E-state index in [1.807, 2.05) is 24.3 Å². The quantitative estimate of drug-likeness (QED) is 0.739. The van der Waals surface area contributed by atoms with Crippen molar-refractivity contribution < 1.29 is 4.74 Å². The Bertz CT molecular complexity index is 360. The highest BCUT2D eigenvalue weighted by Crippen LogP contribution is 2.22. The van der Waals surface area contributed by atoms with Crippen molar-refractivity contribution in [3.8, 4) is 6.07 Å². The third-order valence-electron chi connectivity index (χ3n) is 2.34. The number of benzene rings is 1. The molecule has 0 unspecified atom stereocenters. The summed E-state index contributed by atoms with van der Waals surface area (Å²) < 4.78 is 5.05. The first-order valence-corrected chi connectivity index (χ1v) is 5.25. The highest BCUT2D eigenvalue weighted by molar-refractivity contribution is 5.67. The van der Waals surface area contributed by atoms with Gasteiger partial charge in [0.1, 0.15) is 0 Å². The van der Waals surface area contributed by atoms with E-state index in [1.54, 1.807) is 7.11 Å². The largest absolute Gasteiger partial charge is 0.397 e. The summed E-state index contributed by atoms with van der Waals surface area (Å²) in [4.78, 5) is 2.07. The van der Waals surface area contributed by atoms with Crippen LogP contribution in [-0.2, 0) is 4.74 Å². The number of para-hydroxylation sites is 2. The molecule has 0 saturated carbocycles. The molecule has 1 aromatic carbocycles. The average Bonchev–Trinajstić information content (AvgIpc) is 2.31. The predicted octanol–water partition coefficient (Wildman–Crippen LogP) is 1.64. The van der Waals surface area contributed by atoms with E-state index in [-0.39, 0.29) is 0 Å². The van der Waals surface area contributed by atoms with Crippen LogP contribution in [0.1, 0.15) is 6.42 Å². The summed E-state index contributed by atoms with van der Waals surface area (Å²) in [6.45, 7) is 2.04. The van der Waals surface area contributed by atoms with Crippen LogP contribution in [0.3, 0.4) is 0 Å². The normalized spacial score (nSPS) is 9.75. The number of methoxy groups -OCH3 is 1. The van der Waals surface area contributed by atoms with Crippen molar-refractivity contribution in [2.24, 2.45) is 0 Å². The maximum Gasteiger partial charge on any atom is 0.0640 e. The van der Waals surface area contributed by atoms with Gasteiger partial charge in [-0.3, -0.25) is 0 Å². The van der Waals surface area contributed by atoms with Gasteiger partial charge in [0.2, 0.25) is 0 Å². The summed E-state index contributed by atoms with van der Waals surface area (Å²) >= 11 is 0. The van der Waals surface area contributed by atoms with Crippen LogP contribution in [0.2, 0.25) is 0 Å². The van der Waals surface area contributed by atoms with Crippen molar-refractivity contribution in [3.63, 3.8) is 0 Å². The molecule has 0 radical (unpaired) electrons. The van der Waals surface area contributed by atoms with Crippen LogP contribution in [-0.4, -0.2) is 26.8 Å². The van der Waals surface area contributed by atoms with Crippen LogP contribution in [0.4, 0.5) is 11.4 Å². The van der Waals surface area contributed by atoms with Gasteiger partial charge in [0.05, 0.1) is 30.5 Å². The molecule has 0 heterocycles. The van der Waals surface area contributed by atoms with E-state index >= 15 is 0 Å². The summed E-state index contributed by atoms with van der Waals surface area (Å²) in [5.41, 5.74) is 7.60. The summed E-state index contributed by atoms with van der Waals surface area (Å²) in [6.07, 6.45) is 0.484. The minimum Gasteiger partial charge on any atom is -0.397 e. The number of nitrogen functional groups attached to an aromatic ring is 1. The first-order valence-electron chi connectivity index (χ1n) is 5.25. The van der Waals surface area contributed by atoms with E-state index in [0.717, 1.165) is 17.9 Å². The molecule has 0 fully saturated rings. The molecule has 0 bridgehead atoms. The number of nitriles is 1. The molecular weight excluding hydrogens is 202 g/mol. The van der Waals surface area contributed by atoms with Crippen molar-refractivity contribution in [2.45, 2.75) is 6.42 Å². The van der Waals surface area contributed by atoms with E-state index in [4.69, 9.17) is 15.7 Å². The fraction of sp³-hybridized carbons (Fsp3) is 0.417. The Kier molecular flexibility index (Phi) is 5.17. The molecule has 0 aliphatic heterocycles. The van der Waals surface area contributed by atoms with Crippen LogP contribution in [0.15, 0.2) is 24.3 Å². The first kappa shape index (κ1) is 12.3. The zero-order chi connectivity index (χ0) is 11.8. The van der Waals surface area contributed by atoms with Gasteiger partial charge in [-0.1, -0.05) is 12.1 Å². The lowest BCUT2D eigenvalue weighted by molar-refractivity contribution is 0.205. The van der Waals surface area contributed by atoms with Gasteiger partial charge in [0.25, 0.3) is 0 Å². The van der Waals surface area contributed by atoms with Crippen LogP contribution in [0.5, 0.6) is 0 Å².